The molecule has 0 saturated carbocycles. The molecule has 0 aromatic heterocycles. The Morgan fingerprint density at radius 2 is 1.09 bits per heavy atom. The summed E-state index contributed by atoms with van der Waals surface area (Å²) in [5.74, 6) is 0.242. The molecule has 3 aromatic rings. The third kappa shape index (κ3) is 2.88. The largest absolute Gasteiger partial charge is 0.327 e. The minimum absolute atomic E-state index is 0.242. The van der Waals surface area contributed by atoms with Crippen molar-refractivity contribution >= 4 is 10.4 Å². The maximum Gasteiger partial charge on any atom is 0.141 e. The van der Waals surface area contributed by atoms with Gasteiger partial charge in [0.2, 0.25) is 0 Å². The molecule has 3 rings (SSSR count). The van der Waals surface area contributed by atoms with Gasteiger partial charge in [0.15, 0.2) is 0 Å². The van der Waals surface area contributed by atoms with E-state index in [-0.39, 0.29) is 11.5 Å². The highest BCUT2D eigenvalue weighted by molar-refractivity contribution is 6.05. The van der Waals surface area contributed by atoms with Crippen LogP contribution in [-0.4, -0.2) is 10.4 Å². The second kappa shape index (κ2) is 6.94. The lowest BCUT2D eigenvalue weighted by Gasteiger charge is -2.41. The molecule has 113 valence electrons. The van der Waals surface area contributed by atoms with E-state index in [1.54, 1.807) is 0 Å². The summed E-state index contributed by atoms with van der Waals surface area (Å²) in [6.07, 6.45) is 0. The molecule has 0 saturated heterocycles. The van der Waals surface area contributed by atoms with Gasteiger partial charge in [0.25, 0.3) is 0 Å². The molecule has 1 N–H and O–H groups in total. The first-order valence-electron chi connectivity index (χ1n) is 7.89. The van der Waals surface area contributed by atoms with Gasteiger partial charge in [-0.25, -0.2) is 0 Å². The Kier molecular flexibility index (Phi) is 4.75. The van der Waals surface area contributed by atoms with Crippen molar-refractivity contribution in [3.8, 4) is 0 Å². The zero-order valence-corrected chi connectivity index (χ0v) is 14.2. The number of benzene rings is 3. The van der Waals surface area contributed by atoms with E-state index in [9.17, 15) is 0 Å². The van der Waals surface area contributed by atoms with Crippen molar-refractivity contribution in [2.24, 2.45) is 0 Å². The van der Waals surface area contributed by atoms with E-state index >= 15 is 0 Å². The van der Waals surface area contributed by atoms with Gasteiger partial charge in [-0.1, -0.05) is 97.9 Å². The molecule has 3 radical (unpaired) electrons. The summed E-state index contributed by atoms with van der Waals surface area (Å²) in [7, 11) is 3.65. The summed E-state index contributed by atoms with van der Waals surface area (Å²) in [4.78, 5) is 3.45. The molecule has 2 heteroatoms. The van der Waals surface area contributed by atoms with Crippen LogP contribution in [-0.2, 0) is 5.54 Å². The molecule has 0 fully saturated rings. The molecule has 1 unspecified atom stereocenters. The molecule has 0 bridgehead atoms. The first kappa shape index (κ1) is 15.7. The lowest BCUT2D eigenvalue weighted by Crippen LogP contribution is -2.46. The van der Waals surface area contributed by atoms with Crippen LogP contribution in [0, 0.1) is 0 Å². The van der Waals surface area contributed by atoms with Crippen LogP contribution >= 0.6 is 0 Å². The fourth-order valence-electron chi connectivity index (χ4n) is 3.31. The highest BCUT2D eigenvalue weighted by Gasteiger charge is 2.38. The Hall–Kier alpha value is -2.16. The van der Waals surface area contributed by atoms with Gasteiger partial charge < -0.3 is 4.98 Å². The Morgan fingerprint density at radius 1 is 0.696 bits per heavy atom. The van der Waals surface area contributed by atoms with Gasteiger partial charge in [-0.15, -0.1) is 0 Å². The van der Waals surface area contributed by atoms with Gasteiger partial charge in [-0.2, -0.15) is 0 Å². The second-order valence-electron chi connectivity index (χ2n) is 5.80. The van der Waals surface area contributed by atoms with Crippen molar-refractivity contribution in [3.05, 3.63) is 108 Å². The SMILES string of the molecule is CC(c1ccccc1)C(N[Si])(c1ccccc1)c1ccccc1. The Bertz CT molecular complexity index is 686. The fourth-order valence-corrected chi connectivity index (χ4v) is 3.82. The van der Waals surface area contributed by atoms with Crippen LogP contribution in [0.3, 0.4) is 0 Å². The summed E-state index contributed by atoms with van der Waals surface area (Å²) < 4.78 is 0. The number of hydrogen-bond donors (Lipinski definition) is 1. The van der Waals surface area contributed by atoms with E-state index in [2.05, 4.69) is 113 Å². The molecule has 0 heterocycles. The van der Waals surface area contributed by atoms with Crippen molar-refractivity contribution in [3.63, 3.8) is 0 Å². The predicted molar refractivity (Wildman–Crippen MR) is 97.4 cm³/mol. The minimum atomic E-state index is -0.346. The lowest BCUT2D eigenvalue weighted by atomic mass is 9.72. The van der Waals surface area contributed by atoms with Crippen molar-refractivity contribution < 1.29 is 0 Å². The molecular weight excluding hydrogens is 294 g/mol. The average molecular weight is 314 g/mol. The molecule has 1 atom stereocenters. The maximum absolute atomic E-state index is 3.65. The summed E-state index contributed by atoms with van der Waals surface area (Å²) in [6.45, 7) is 2.27. The fraction of sp³-hybridized carbons (Fsp3) is 0.143. The highest BCUT2D eigenvalue weighted by atomic mass is 28.2. The molecule has 0 aliphatic rings. The van der Waals surface area contributed by atoms with E-state index in [1.807, 2.05) is 0 Å². The Labute approximate surface area is 141 Å². The van der Waals surface area contributed by atoms with Crippen molar-refractivity contribution in [1.29, 1.82) is 0 Å². The van der Waals surface area contributed by atoms with Crippen molar-refractivity contribution in [2.75, 3.05) is 0 Å². The normalized spacial score (nSPS) is 12.8. The zero-order valence-electron chi connectivity index (χ0n) is 13.2. The van der Waals surface area contributed by atoms with Gasteiger partial charge in [-0.3, -0.25) is 0 Å². The van der Waals surface area contributed by atoms with Crippen LogP contribution in [0.25, 0.3) is 0 Å². The van der Waals surface area contributed by atoms with E-state index in [0.29, 0.717) is 0 Å². The summed E-state index contributed by atoms with van der Waals surface area (Å²) in [5, 5.41) is 0. The minimum Gasteiger partial charge on any atom is -0.327 e. The van der Waals surface area contributed by atoms with Gasteiger partial charge >= 0.3 is 0 Å². The Balaban J connectivity index is 2.21. The maximum atomic E-state index is 3.65. The number of rotatable bonds is 5. The quantitative estimate of drug-likeness (QED) is 0.688. The standard InChI is InChI=1S/C21H20NSi/c1-17(18-11-5-2-6-12-18)21(22-23,19-13-7-3-8-14-19)20-15-9-4-10-16-20/h2-17,22H,1H3. The van der Waals surface area contributed by atoms with Gasteiger partial charge in [0, 0.05) is 5.92 Å². The first-order chi connectivity index (χ1) is 11.3. The Morgan fingerprint density at radius 3 is 1.48 bits per heavy atom. The molecule has 0 amide bonds. The molecule has 0 aliphatic carbocycles. The van der Waals surface area contributed by atoms with Crippen LogP contribution in [0.1, 0.15) is 29.5 Å². The number of hydrogen-bond acceptors (Lipinski definition) is 1. The summed E-state index contributed by atoms with van der Waals surface area (Å²) >= 11 is 0. The molecule has 1 nitrogen and oxygen atoms in total. The van der Waals surface area contributed by atoms with Crippen LogP contribution in [0.15, 0.2) is 91.0 Å². The van der Waals surface area contributed by atoms with Crippen LogP contribution < -0.4 is 4.98 Å². The van der Waals surface area contributed by atoms with Gasteiger partial charge in [0.05, 0.1) is 5.54 Å². The predicted octanol–water partition coefficient (Wildman–Crippen LogP) is 4.41. The smallest absolute Gasteiger partial charge is 0.141 e. The monoisotopic (exact) mass is 314 g/mol. The molecule has 0 aliphatic heterocycles. The topological polar surface area (TPSA) is 12.0 Å². The summed E-state index contributed by atoms with van der Waals surface area (Å²) in [6, 6.07) is 31.8. The van der Waals surface area contributed by atoms with E-state index in [4.69, 9.17) is 0 Å². The third-order valence-electron chi connectivity index (χ3n) is 4.60. The third-order valence-corrected chi connectivity index (χ3v) is 5.00. The zero-order chi connectivity index (χ0) is 16.1. The first-order valence-corrected chi connectivity index (χ1v) is 8.39. The van der Waals surface area contributed by atoms with E-state index < -0.39 is 0 Å². The number of nitrogens with one attached hydrogen (secondary N) is 1. The van der Waals surface area contributed by atoms with Gasteiger partial charge in [-0.05, 0) is 16.7 Å². The highest BCUT2D eigenvalue weighted by Crippen LogP contribution is 2.41. The van der Waals surface area contributed by atoms with Crippen LogP contribution in [0.2, 0.25) is 0 Å². The van der Waals surface area contributed by atoms with E-state index in [0.717, 1.165) is 0 Å². The molecule has 23 heavy (non-hydrogen) atoms. The molecular formula is C21H20NSi. The average Bonchev–Trinajstić information content (AvgIpc) is 2.65. The molecule has 3 aromatic carbocycles. The van der Waals surface area contributed by atoms with E-state index in [1.165, 1.54) is 16.7 Å². The van der Waals surface area contributed by atoms with Crippen LogP contribution in [0.5, 0.6) is 0 Å². The lowest BCUT2D eigenvalue weighted by molar-refractivity contribution is 0.411. The van der Waals surface area contributed by atoms with Crippen molar-refractivity contribution in [1.82, 2.24) is 4.98 Å². The molecule has 0 spiro atoms. The van der Waals surface area contributed by atoms with Crippen LogP contribution in [0.4, 0.5) is 0 Å². The van der Waals surface area contributed by atoms with Gasteiger partial charge in [0.1, 0.15) is 10.4 Å². The summed E-state index contributed by atoms with van der Waals surface area (Å²) in [5.41, 5.74) is 3.42. The second-order valence-corrected chi connectivity index (χ2v) is 6.05. The van der Waals surface area contributed by atoms with Crippen molar-refractivity contribution in [2.45, 2.75) is 18.4 Å².